The summed E-state index contributed by atoms with van der Waals surface area (Å²) >= 11 is 0. The Labute approximate surface area is 70.3 Å². The van der Waals surface area contributed by atoms with Crippen LogP contribution in [0.3, 0.4) is 0 Å². The smallest absolute Gasteiger partial charge is 0.0219 e. The van der Waals surface area contributed by atoms with E-state index in [1.165, 1.54) is 11.1 Å². The molecule has 0 N–H and O–H groups in total. The predicted octanol–water partition coefficient (Wildman–Crippen LogP) is 3.72. The van der Waals surface area contributed by atoms with Crippen LogP contribution < -0.4 is 0 Å². The first-order chi connectivity index (χ1) is 5.07. The topological polar surface area (TPSA) is 0 Å². The highest BCUT2D eigenvalue weighted by Crippen LogP contribution is 2.12. The van der Waals surface area contributed by atoms with Gasteiger partial charge in [-0.2, -0.15) is 0 Å². The van der Waals surface area contributed by atoms with Crippen molar-refractivity contribution in [1.29, 1.82) is 0 Å². The van der Waals surface area contributed by atoms with Gasteiger partial charge in [0.2, 0.25) is 0 Å². The number of rotatable bonds is 3. The molecule has 0 aromatic rings. The molecule has 0 fully saturated rings. The third kappa shape index (κ3) is 4.60. The molecule has 62 valence electrons. The Bertz CT molecular complexity index is 176. The van der Waals surface area contributed by atoms with E-state index in [0.29, 0.717) is 5.92 Å². The molecule has 0 unspecified atom stereocenters. The van der Waals surface area contributed by atoms with E-state index in [4.69, 9.17) is 0 Å². The summed E-state index contributed by atoms with van der Waals surface area (Å²) < 4.78 is 0. The standard InChI is InChI=1S/C11H18/c1-6-7-11(10(4)5)8-9(2)3/h6-8,10H,1H2,2-5H3/b11-7-. The van der Waals surface area contributed by atoms with E-state index in [-0.39, 0.29) is 0 Å². The van der Waals surface area contributed by atoms with E-state index in [9.17, 15) is 0 Å². The van der Waals surface area contributed by atoms with Gasteiger partial charge in [-0.1, -0.05) is 44.2 Å². The van der Waals surface area contributed by atoms with E-state index in [2.05, 4.69) is 46.4 Å². The minimum atomic E-state index is 0.586. The molecule has 0 aromatic heterocycles. The Hall–Kier alpha value is -0.780. The highest BCUT2D eigenvalue weighted by Gasteiger charge is 1.96. The highest BCUT2D eigenvalue weighted by molar-refractivity contribution is 5.26. The van der Waals surface area contributed by atoms with Crippen LogP contribution in [0.4, 0.5) is 0 Å². The Morgan fingerprint density at radius 1 is 1.27 bits per heavy atom. The molecule has 0 amide bonds. The van der Waals surface area contributed by atoms with Crippen LogP contribution >= 0.6 is 0 Å². The average Bonchev–Trinajstić information content (AvgIpc) is 1.86. The first-order valence-electron chi connectivity index (χ1n) is 4.05. The van der Waals surface area contributed by atoms with Gasteiger partial charge in [-0.15, -0.1) is 0 Å². The lowest BCUT2D eigenvalue weighted by atomic mass is 10.0. The number of hydrogen-bond acceptors (Lipinski definition) is 0. The molecule has 0 saturated carbocycles. The van der Waals surface area contributed by atoms with Crippen LogP contribution in [0.15, 0.2) is 36.0 Å². The second-order valence-electron chi connectivity index (χ2n) is 3.28. The molecule has 0 aliphatic heterocycles. The summed E-state index contributed by atoms with van der Waals surface area (Å²) in [4.78, 5) is 0. The van der Waals surface area contributed by atoms with Crippen molar-refractivity contribution in [2.75, 3.05) is 0 Å². The maximum absolute atomic E-state index is 3.68. The van der Waals surface area contributed by atoms with E-state index < -0.39 is 0 Å². The van der Waals surface area contributed by atoms with Gasteiger partial charge in [-0.25, -0.2) is 0 Å². The van der Waals surface area contributed by atoms with Gasteiger partial charge < -0.3 is 0 Å². The summed E-state index contributed by atoms with van der Waals surface area (Å²) in [7, 11) is 0. The van der Waals surface area contributed by atoms with Crippen molar-refractivity contribution >= 4 is 0 Å². The maximum atomic E-state index is 3.68. The van der Waals surface area contributed by atoms with Gasteiger partial charge in [0, 0.05) is 0 Å². The SMILES string of the molecule is C=C/C=C(/C=C(C)C)C(C)C. The molecule has 0 nitrogen and oxygen atoms in total. The largest absolute Gasteiger partial charge is 0.0991 e. The zero-order valence-corrected chi connectivity index (χ0v) is 8.02. The van der Waals surface area contributed by atoms with Gasteiger partial charge >= 0.3 is 0 Å². The molecule has 0 aromatic carbocycles. The summed E-state index contributed by atoms with van der Waals surface area (Å²) in [6, 6.07) is 0. The Morgan fingerprint density at radius 2 is 1.82 bits per heavy atom. The van der Waals surface area contributed by atoms with E-state index in [0.717, 1.165) is 0 Å². The van der Waals surface area contributed by atoms with Crippen LogP contribution in [0.5, 0.6) is 0 Å². The van der Waals surface area contributed by atoms with Crippen molar-refractivity contribution < 1.29 is 0 Å². The van der Waals surface area contributed by atoms with Gasteiger partial charge in [-0.3, -0.25) is 0 Å². The van der Waals surface area contributed by atoms with Crippen molar-refractivity contribution in [2.24, 2.45) is 5.92 Å². The number of allylic oxidation sites excluding steroid dienone is 5. The van der Waals surface area contributed by atoms with Crippen molar-refractivity contribution in [3.63, 3.8) is 0 Å². The van der Waals surface area contributed by atoms with Crippen LogP contribution in [0.25, 0.3) is 0 Å². The monoisotopic (exact) mass is 150 g/mol. The lowest BCUT2D eigenvalue weighted by molar-refractivity contribution is 0.790. The van der Waals surface area contributed by atoms with Crippen LogP contribution in [0.1, 0.15) is 27.7 Å². The molecule has 0 saturated heterocycles. The Kier molecular flexibility index (Phi) is 4.60. The summed E-state index contributed by atoms with van der Waals surface area (Å²) in [6.45, 7) is 12.3. The minimum absolute atomic E-state index is 0.586. The summed E-state index contributed by atoms with van der Waals surface area (Å²) in [5, 5.41) is 0. The molecular weight excluding hydrogens is 132 g/mol. The normalized spacial score (nSPS) is 11.5. The van der Waals surface area contributed by atoms with Gasteiger partial charge in [0.05, 0.1) is 0 Å². The second-order valence-corrected chi connectivity index (χ2v) is 3.28. The molecule has 0 radical (unpaired) electrons. The third-order valence-electron chi connectivity index (χ3n) is 1.43. The molecule has 11 heavy (non-hydrogen) atoms. The Morgan fingerprint density at radius 3 is 2.09 bits per heavy atom. The summed E-state index contributed by atoms with van der Waals surface area (Å²) in [6.07, 6.45) is 6.11. The van der Waals surface area contributed by atoms with E-state index in [1.807, 2.05) is 6.08 Å². The number of hydrogen-bond donors (Lipinski definition) is 0. The molecule has 0 spiro atoms. The minimum Gasteiger partial charge on any atom is -0.0991 e. The fraction of sp³-hybridized carbons (Fsp3) is 0.455. The van der Waals surface area contributed by atoms with Crippen molar-refractivity contribution in [3.8, 4) is 0 Å². The molecule has 0 heterocycles. The second kappa shape index (κ2) is 4.95. The molecule has 0 aliphatic rings. The van der Waals surface area contributed by atoms with Gasteiger partial charge in [0.25, 0.3) is 0 Å². The first kappa shape index (κ1) is 10.2. The lowest BCUT2D eigenvalue weighted by Gasteiger charge is -2.05. The first-order valence-corrected chi connectivity index (χ1v) is 4.05. The fourth-order valence-electron chi connectivity index (χ4n) is 0.877. The fourth-order valence-corrected chi connectivity index (χ4v) is 0.877. The van der Waals surface area contributed by atoms with Crippen LogP contribution in [-0.4, -0.2) is 0 Å². The van der Waals surface area contributed by atoms with Crippen molar-refractivity contribution in [3.05, 3.63) is 36.0 Å². The van der Waals surface area contributed by atoms with Crippen LogP contribution in [-0.2, 0) is 0 Å². The zero-order valence-electron chi connectivity index (χ0n) is 8.02. The lowest BCUT2D eigenvalue weighted by Crippen LogP contribution is -1.90. The van der Waals surface area contributed by atoms with E-state index in [1.54, 1.807) is 0 Å². The van der Waals surface area contributed by atoms with Crippen LogP contribution in [0, 0.1) is 5.92 Å². The molecule has 0 bridgehead atoms. The quantitative estimate of drug-likeness (QED) is 0.538. The third-order valence-corrected chi connectivity index (χ3v) is 1.43. The highest BCUT2D eigenvalue weighted by atomic mass is 14.0. The summed E-state index contributed by atoms with van der Waals surface area (Å²) in [5.74, 6) is 0.586. The predicted molar refractivity (Wildman–Crippen MR) is 52.5 cm³/mol. The zero-order chi connectivity index (χ0) is 8.85. The molecular formula is C11H18. The molecule has 0 heteroatoms. The van der Waals surface area contributed by atoms with Gasteiger partial charge in [-0.05, 0) is 25.3 Å². The maximum Gasteiger partial charge on any atom is -0.0219 e. The molecule has 0 rings (SSSR count). The molecule has 0 aliphatic carbocycles. The van der Waals surface area contributed by atoms with Crippen LogP contribution in [0.2, 0.25) is 0 Å². The van der Waals surface area contributed by atoms with E-state index >= 15 is 0 Å². The molecule has 0 atom stereocenters. The van der Waals surface area contributed by atoms with Gasteiger partial charge in [0.1, 0.15) is 0 Å². The Balaban J connectivity index is 4.49. The average molecular weight is 150 g/mol. The van der Waals surface area contributed by atoms with Crippen molar-refractivity contribution in [2.45, 2.75) is 27.7 Å². The summed E-state index contributed by atoms with van der Waals surface area (Å²) in [5.41, 5.74) is 2.69. The van der Waals surface area contributed by atoms with Crippen molar-refractivity contribution in [1.82, 2.24) is 0 Å². The van der Waals surface area contributed by atoms with Gasteiger partial charge in [0.15, 0.2) is 0 Å².